The Morgan fingerprint density at radius 2 is 1.68 bits per heavy atom. The Bertz CT molecular complexity index is 1460. The van der Waals surface area contributed by atoms with Crippen LogP contribution < -0.4 is 14.5 Å². The van der Waals surface area contributed by atoms with Gasteiger partial charge >= 0.3 is 0 Å². The van der Waals surface area contributed by atoms with Crippen molar-refractivity contribution >= 4 is 40.7 Å². The van der Waals surface area contributed by atoms with E-state index in [-0.39, 0.29) is 30.9 Å². The number of carbonyl (C=O) groups excluding carboxylic acids is 3. The van der Waals surface area contributed by atoms with Crippen molar-refractivity contribution in [2.75, 3.05) is 42.6 Å². The van der Waals surface area contributed by atoms with Crippen LogP contribution in [0.1, 0.15) is 32.6 Å². The zero-order valence-electron chi connectivity index (χ0n) is 24.8. The molecule has 232 valence electrons. The molecular weight excluding hydrogens is 582 g/mol. The summed E-state index contributed by atoms with van der Waals surface area (Å²) in [5, 5.41) is 9.64. The van der Waals surface area contributed by atoms with E-state index in [4.69, 9.17) is 21.1 Å². The number of aliphatic hydroxyl groups excluding tert-OH is 1. The maximum atomic E-state index is 14.5. The second kappa shape index (κ2) is 12.8. The molecule has 2 fully saturated rings. The van der Waals surface area contributed by atoms with Crippen molar-refractivity contribution in [3.8, 4) is 5.75 Å². The normalized spacial score (nSPS) is 27.7. The standard InChI is InChI=1S/C34H38ClN3O6/c1-2-43-24-16-14-23(15-17-24)36-20-9-13-27-28(31(36)40)29-32(41)38(19-7-3-4-8-22-39)30-33(42)37(21-10-18-34(29,30)44-27)26-12-6-5-11-25(26)35/h5-6,9-18,27-30,39H,2-4,7-8,19-22H2,1H3/t27-,28+,29-,30?,34-/m0/s1. The first-order chi connectivity index (χ1) is 21.4. The van der Waals surface area contributed by atoms with Gasteiger partial charge in [0.05, 0.1) is 35.3 Å². The predicted molar refractivity (Wildman–Crippen MR) is 168 cm³/mol. The van der Waals surface area contributed by atoms with Gasteiger partial charge in [-0.25, -0.2) is 0 Å². The highest BCUT2D eigenvalue weighted by atomic mass is 35.5. The third-order valence-electron chi connectivity index (χ3n) is 9.07. The van der Waals surface area contributed by atoms with Crippen molar-refractivity contribution in [2.24, 2.45) is 11.8 Å². The summed E-state index contributed by atoms with van der Waals surface area (Å²) < 4.78 is 12.3. The van der Waals surface area contributed by atoms with Crippen molar-refractivity contribution in [1.29, 1.82) is 0 Å². The smallest absolute Gasteiger partial charge is 0.253 e. The van der Waals surface area contributed by atoms with Crippen molar-refractivity contribution in [2.45, 2.75) is 50.4 Å². The minimum absolute atomic E-state index is 0.115. The Morgan fingerprint density at radius 3 is 2.43 bits per heavy atom. The third-order valence-corrected chi connectivity index (χ3v) is 9.39. The molecule has 4 heterocycles. The van der Waals surface area contributed by atoms with E-state index in [1.165, 1.54) is 0 Å². The monoisotopic (exact) mass is 619 g/mol. The van der Waals surface area contributed by atoms with Gasteiger partial charge in [0.25, 0.3) is 5.91 Å². The number of carbonyl (C=O) groups is 3. The largest absolute Gasteiger partial charge is 0.494 e. The van der Waals surface area contributed by atoms with E-state index < -0.39 is 29.6 Å². The molecule has 1 N–H and O–H groups in total. The van der Waals surface area contributed by atoms with Crippen molar-refractivity contribution < 1.29 is 29.0 Å². The molecule has 4 aliphatic heterocycles. The summed E-state index contributed by atoms with van der Waals surface area (Å²) >= 11 is 6.55. The summed E-state index contributed by atoms with van der Waals surface area (Å²) in [6, 6.07) is 13.5. The number of anilines is 2. The number of benzene rings is 2. The molecule has 3 amide bonds. The predicted octanol–water partition coefficient (Wildman–Crippen LogP) is 4.38. The number of amides is 3. The molecule has 10 heteroatoms. The Kier molecular flexibility index (Phi) is 8.80. The number of halogens is 1. The van der Waals surface area contributed by atoms with Crippen LogP contribution in [-0.2, 0) is 19.1 Å². The Balaban J connectivity index is 1.37. The molecule has 2 saturated heterocycles. The second-order valence-corrected chi connectivity index (χ2v) is 12.0. The molecule has 9 nitrogen and oxygen atoms in total. The second-order valence-electron chi connectivity index (χ2n) is 11.6. The maximum Gasteiger partial charge on any atom is 0.253 e. The molecule has 4 aliphatic rings. The highest BCUT2D eigenvalue weighted by Gasteiger charge is 2.71. The molecule has 0 aliphatic carbocycles. The van der Waals surface area contributed by atoms with Crippen LogP contribution in [0.2, 0.25) is 5.02 Å². The summed E-state index contributed by atoms with van der Waals surface area (Å²) in [6.07, 6.45) is 9.76. The molecule has 0 saturated carbocycles. The van der Waals surface area contributed by atoms with E-state index >= 15 is 0 Å². The molecule has 0 bridgehead atoms. The molecule has 1 spiro atoms. The molecule has 0 radical (unpaired) electrons. The topological polar surface area (TPSA) is 99.6 Å². The fourth-order valence-corrected chi connectivity index (χ4v) is 7.37. The quantitative estimate of drug-likeness (QED) is 0.313. The van der Waals surface area contributed by atoms with Crippen LogP contribution in [0, 0.1) is 11.8 Å². The fraction of sp³-hybridized carbons (Fsp3) is 0.441. The van der Waals surface area contributed by atoms with Gasteiger partial charge in [-0.2, -0.15) is 0 Å². The van der Waals surface area contributed by atoms with Gasteiger partial charge in [0, 0.05) is 31.9 Å². The zero-order chi connectivity index (χ0) is 30.8. The van der Waals surface area contributed by atoms with Crippen molar-refractivity contribution in [3.63, 3.8) is 0 Å². The van der Waals surface area contributed by atoms with Gasteiger partial charge in [-0.3, -0.25) is 14.4 Å². The first-order valence-electron chi connectivity index (χ1n) is 15.4. The highest BCUT2D eigenvalue weighted by Crippen LogP contribution is 2.54. The molecular formula is C34H38ClN3O6. The number of hydrogen-bond donors (Lipinski definition) is 1. The summed E-state index contributed by atoms with van der Waals surface area (Å²) in [4.78, 5) is 48.3. The molecule has 5 atom stereocenters. The van der Waals surface area contributed by atoms with Gasteiger partial charge in [0.1, 0.15) is 17.4 Å². The van der Waals surface area contributed by atoms with Crippen LogP contribution in [0.25, 0.3) is 0 Å². The molecule has 2 aromatic rings. The van der Waals surface area contributed by atoms with Crippen LogP contribution in [0.15, 0.2) is 72.8 Å². The van der Waals surface area contributed by atoms with Crippen LogP contribution in [0.4, 0.5) is 11.4 Å². The van der Waals surface area contributed by atoms with Gasteiger partial charge in [-0.15, -0.1) is 0 Å². The van der Waals surface area contributed by atoms with Gasteiger partial charge in [-0.1, -0.05) is 60.9 Å². The molecule has 6 rings (SSSR count). The molecule has 2 aromatic carbocycles. The maximum absolute atomic E-state index is 14.5. The molecule has 1 unspecified atom stereocenters. The van der Waals surface area contributed by atoms with E-state index in [9.17, 15) is 19.5 Å². The van der Waals surface area contributed by atoms with E-state index in [0.29, 0.717) is 54.7 Å². The average Bonchev–Trinajstić information content (AvgIpc) is 3.33. The number of likely N-dealkylation sites (tertiary alicyclic amines) is 1. The van der Waals surface area contributed by atoms with E-state index in [2.05, 4.69) is 0 Å². The summed E-state index contributed by atoms with van der Waals surface area (Å²) in [5.74, 6) is -1.72. The Morgan fingerprint density at radius 1 is 0.932 bits per heavy atom. The summed E-state index contributed by atoms with van der Waals surface area (Å²) in [5.41, 5.74) is -0.0544. The minimum atomic E-state index is -1.31. The number of nitrogens with zero attached hydrogens (tertiary/aromatic N) is 3. The number of ether oxygens (including phenoxy) is 2. The lowest BCUT2D eigenvalue weighted by atomic mass is 9.77. The lowest BCUT2D eigenvalue weighted by molar-refractivity contribution is -0.140. The number of rotatable bonds is 10. The van der Waals surface area contributed by atoms with Crippen LogP contribution in [-0.4, -0.2) is 78.3 Å². The molecule has 0 aromatic heterocycles. The van der Waals surface area contributed by atoms with E-state index in [0.717, 1.165) is 12.8 Å². The Labute approximate surface area is 262 Å². The van der Waals surface area contributed by atoms with Crippen LogP contribution in [0.3, 0.4) is 0 Å². The van der Waals surface area contributed by atoms with Gasteiger partial charge in [0.2, 0.25) is 11.8 Å². The van der Waals surface area contributed by atoms with Crippen LogP contribution >= 0.6 is 11.6 Å². The number of unbranched alkanes of at least 4 members (excludes halogenated alkanes) is 3. The average molecular weight is 620 g/mol. The van der Waals surface area contributed by atoms with Crippen LogP contribution in [0.5, 0.6) is 5.75 Å². The zero-order valence-corrected chi connectivity index (χ0v) is 25.6. The van der Waals surface area contributed by atoms with E-state index in [1.807, 2.05) is 61.6 Å². The van der Waals surface area contributed by atoms with Gasteiger partial charge in [0.15, 0.2) is 0 Å². The number of fused-ring (bicyclic) bond motifs is 2. The summed E-state index contributed by atoms with van der Waals surface area (Å²) in [7, 11) is 0. The van der Waals surface area contributed by atoms with E-state index in [1.54, 1.807) is 32.9 Å². The first-order valence-corrected chi connectivity index (χ1v) is 15.8. The third kappa shape index (κ3) is 5.21. The SMILES string of the molecule is CCOc1ccc(N2CC=C[C@@H]3O[C@]45C=CCN(c6ccccc6Cl)C(=O)C4N(CCCCCCO)C(=O)[C@@H]5[C@@H]3C2=O)cc1. The fourth-order valence-electron chi connectivity index (χ4n) is 7.13. The molecule has 44 heavy (non-hydrogen) atoms. The number of hydrogen-bond acceptors (Lipinski definition) is 6. The number of para-hydroxylation sites is 1. The Hall–Kier alpha value is -3.66. The lowest BCUT2D eigenvalue weighted by Crippen LogP contribution is -2.55. The lowest BCUT2D eigenvalue weighted by Gasteiger charge is -2.35. The van der Waals surface area contributed by atoms with Crippen molar-refractivity contribution in [3.05, 3.63) is 77.9 Å². The highest BCUT2D eigenvalue weighted by molar-refractivity contribution is 6.34. The van der Waals surface area contributed by atoms with Gasteiger partial charge in [-0.05, 0) is 56.2 Å². The summed E-state index contributed by atoms with van der Waals surface area (Å²) in [6.45, 7) is 3.51. The van der Waals surface area contributed by atoms with Crippen molar-refractivity contribution in [1.82, 2.24) is 4.90 Å². The number of aliphatic hydroxyl groups is 1. The van der Waals surface area contributed by atoms with Gasteiger partial charge < -0.3 is 29.3 Å². The minimum Gasteiger partial charge on any atom is -0.494 e. The first kappa shape index (κ1) is 30.4.